The van der Waals surface area contributed by atoms with Gasteiger partial charge in [0.2, 0.25) is 5.91 Å². The van der Waals surface area contributed by atoms with Crippen LogP contribution in [0.15, 0.2) is 12.3 Å². The molecule has 2 aliphatic heterocycles. The van der Waals surface area contributed by atoms with Crippen molar-refractivity contribution in [2.24, 2.45) is 0 Å². The van der Waals surface area contributed by atoms with Crippen LogP contribution in [0.2, 0.25) is 0 Å². The summed E-state index contributed by atoms with van der Waals surface area (Å²) in [6, 6.07) is 2.06. The van der Waals surface area contributed by atoms with E-state index in [1.807, 2.05) is 17.6 Å². The first-order chi connectivity index (χ1) is 12.5. The lowest BCUT2D eigenvalue weighted by atomic mass is 9.86. The quantitative estimate of drug-likeness (QED) is 0.874. The van der Waals surface area contributed by atoms with Crippen LogP contribution in [0.5, 0.6) is 0 Å². The monoisotopic (exact) mass is 356 g/mol. The molecule has 0 aliphatic carbocycles. The first kappa shape index (κ1) is 17.4. The van der Waals surface area contributed by atoms with Crippen LogP contribution < -0.4 is 5.32 Å². The molecule has 0 radical (unpaired) electrons. The Morgan fingerprint density at radius 1 is 1.27 bits per heavy atom. The van der Waals surface area contributed by atoms with Gasteiger partial charge in [-0.05, 0) is 39.8 Å². The van der Waals surface area contributed by atoms with Crippen LogP contribution in [0.25, 0.3) is 5.65 Å². The highest BCUT2D eigenvalue weighted by Gasteiger charge is 2.40. The predicted molar refractivity (Wildman–Crippen MR) is 100.0 cm³/mol. The number of hydrogen-bond donors (Lipinski definition) is 1. The SMILES string of the molecule is Cc1cc(C)n2ncc(CN3CCN(C)[C@@]4(CCNC(=O)CC4)C3)c2n1. The van der Waals surface area contributed by atoms with E-state index in [9.17, 15) is 4.79 Å². The van der Waals surface area contributed by atoms with Crippen molar-refractivity contribution in [3.63, 3.8) is 0 Å². The van der Waals surface area contributed by atoms with E-state index < -0.39 is 0 Å². The minimum atomic E-state index is 0.0830. The van der Waals surface area contributed by atoms with Gasteiger partial charge in [0, 0.05) is 61.6 Å². The molecule has 2 aliphatic rings. The van der Waals surface area contributed by atoms with Crippen LogP contribution in [0.3, 0.4) is 0 Å². The summed E-state index contributed by atoms with van der Waals surface area (Å²) >= 11 is 0. The number of nitrogens with zero attached hydrogens (tertiary/aromatic N) is 5. The molecule has 7 nitrogen and oxygen atoms in total. The van der Waals surface area contributed by atoms with Crippen molar-refractivity contribution in [3.05, 3.63) is 29.2 Å². The van der Waals surface area contributed by atoms with Gasteiger partial charge in [-0.3, -0.25) is 14.6 Å². The second kappa shape index (κ2) is 6.63. The molecule has 2 aromatic rings. The lowest BCUT2D eigenvalue weighted by Gasteiger charge is -2.49. The third-order valence-corrected chi connectivity index (χ3v) is 6.05. The lowest BCUT2D eigenvalue weighted by Crippen LogP contribution is -2.60. The Morgan fingerprint density at radius 2 is 2.12 bits per heavy atom. The Labute approximate surface area is 154 Å². The van der Waals surface area contributed by atoms with E-state index in [4.69, 9.17) is 4.98 Å². The third kappa shape index (κ3) is 3.10. The number of carbonyl (C=O) groups is 1. The van der Waals surface area contributed by atoms with Crippen LogP contribution >= 0.6 is 0 Å². The van der Waals surface area contributed by atoms with Gasteiger partial charge in [0.25, 0.3) is 0 Å². The first-order valence-electron chi connectivity index (χ1n) is 9.48. The molecule has 140 valence electrons. The zero-order valence-corrected chi connectivity index (χ0v) is 16.0. The summed E-state index contributed by atoms with van der Waals surface area (Å²) in [6.45, 7) is 8.77. The lowest BCUT2D eigenvalue weighted by molar-refractivity contribution is -0.121. The van der Waals surface area contributed by atoms with Gasteiger partial charge in [0.05, 0.1) is 6.20 Å². The van der Waals surface area contributed by atoms with Gasteiger partial charge in [-0.2, -0.15) is 5.10 Å². The largest absolute Gasteiger partial charge is 0.356 e. The molecule has 1 atom stereocenters. The van der Waals surface area contributed by atoms with Crippen molar-refractivity contribution < 1.29 is 4.79 Å². The Morgan fingerprint density at radius 3 is 2.96 bits per heavy atom. The number of amides is 1. The van der Waals surface area contributed by atoms with Crippen molar-refractivity contribution in [2.45, 2.75) is 45.2 Å². The summed E-state index contributed by atoms with van der Waals surface area (Å²) in [4.78, 5) is 21.5. The topological polar surface area (TPSA) is 65.8 Å². The third-order valence-electron chi connectivity index (χ3n) is 6.05. The molecule has 2 aromatic heterocycles. The van der Waals surface area contributed by atoms with Crippen LogP contribution in [-0.4, -0.2) is 69.1 Å². The number of hydrogen-bond acceptors (Lipinski definition) is 5. The average Bonchev–Trinajstić information content (AvgIpc) is 2.89. The minimum Gasteiger partial charge on any atom is -0.356 e. The Bertz CT molecular complexity index is 831. The molecule has 2 fully saturated rings. The highest BCUT2D eigenvalue weighted by atomic mass is 16.1. The second-order valence-electron chi connectivity index (χ2n) is 7.90. The smallest absolute Gasteiger partial charge is 0.220 e. The normalized spacial score (nSPS) is 25.6. The van der Waals surface area contributed by atoms with E-state index in [1.165, 1.54) is 5.56 Å². The predicted octanol–water partition coefficient (Wildman–Crippen LogP) is 1.13. The number of fused-ring (bicyclic) bond motifs is 1. The fourth-order valence-electron chi connectivity index (χ4n) is 4.48. The summed E-state index contributed by atoms with van der Waals surface area (Å²) in [5.74, 6) is 0.185. The number of likely N-dealkylation sites (N-methyl/N-ethyl adjacent to an activating group) is 1. The van der Waals surface area contributed by atoms with E-state index in [0.29, 0.717) is 6.42 Å². The van der Waals surface area contributed by atoms with Crippen molar-refractivity contribution in [1.82, 2.24) is 29.7 Å². The number of carbonyl (C=O) groups excluding carboxylic acids is 1. The summed E-state index contributed by atoms with van der Waals surface area (Å²) in [5, 5.41) is 7.56. The molecular weight excluding hydrogens is 328 g/mol. The summed E-state index contributed by atoms with van der Waals surface area (Å²) in [5.41, 5.74) is 4.37. The van der Waals surface area contributed by atoms with E-state index in [0.717, 1.165) is 62.6 Å². The van der Waals surface area contributed by atoms with Crippen molar-refractivity contribution in [3.8, 4) is 0 Å². The van der Waals surface area contributed by atoms with Crippen molar-refractivity contribution in [2.75, 3.05) is 33.2 Å². The van der Waals surface area contributed by atoms with Gasteiger partial charge in [0.1, 0.15) is 0 Å². The average molecular weight is 356 g/mol. The molecule has 0 aromatic carbocycles. The van der Waals surface area contributed by atoms with E-state index in [1.54, 1.807) is 0 Å². The Kier molecular flexibility index (Phi) is 4.44. The molecular formula is C19H28N6O. The number of nitrogens with one attached hydrogen (secondary N) is 1. The zero-order valence-electron chi connectivity index (χ0n) is 16.0. The van der Waals surface area contributed by atoms with Gasteiger partial charge in [-0.25, -0.2) is 9.50 Å². The number of piperazine rings is 1. The van der Waals surface area contributed by atoms with Crippen LogP contribution in [0, 0.1) is 13.8 Å². The highest BCUT2D eigenvalue weighted by Crippen LogP contribution is 2.31. The molecule has 7 heteroatoms. The van der Waals surface area contributed by atoms with E-state index in [2.05, 4.69) is 40.3 Å². The standard InChI is InChI=1S/C19H28N6O/c1-14-10-15(2)25-18(22-14)16(11-21-25)12-24-9-8-23(3)19(13-24)5-4-17(26)20-7-6-19/h10-11H,4-9,12-13H2,1-3H3,(H,20,26)/t19-/m0/s1. The van der Waals surface area contributed by atoms with Gasteiger partial charge < -0.3 is 5.32 Å². The summed E-state index contributed by atoms with van der Waals surface area (Å²) in [6.07, 6.45) is 4.51. The Hall–Kier alpha value is -1.99. The zero-order chi connectivity index (χ0) is 18.3. The maximum atomic E-state index is 11.8. The molecule has 4 rings (SSSR count). The summed E-state index contributed by atoms with van der Waals surface area (Å²) < 4.78 is 1.93. The van der Waals surface area contributed by atoms with Gasteiger partial charge in [-0.1, -0.05) is 0 Å². The summed E-state index contributed by atoms with van der Waals surface area (Å²) in [7, 11) is 2.21. The molecule has 26 heavy (non-hydrogen) atoms. The molecule has 1 amide bonds. The number of aromatic nitrogens is 3. The maximum absolute atomic E-state index is 11.8. The molecule has 0 saturated carbocycles. The van der Waals surface area contributed by atoms with Crippen molar-refractivity contribution >= 4 is 11.6 Å². The van der Waals surface area contributed by atoms with E-state index >= 15 is 0 Å². The van der Waals surface area contributed by atoms with Crippen LogP contribution in [0.4, 0.5) is 0 Å². The van der Waals surface area contributed by atoms with Gasteiger partial charge >= 0.3 is 0 Å². The highest BCUT2D eigenvalue weighted by molar-refractivity contribution is 5.76. The fourth-order valence-corrected chi connectivity index (χ4v) is 4.48. The number of aryl methyl sites for hydroxylation is 2. The van der Waals surface area contributed by atoms with Crippen molar-refractivity contribution in [1.29, 1.82) is 0 Å². The molecule has 0 bridgehead atoms. The molecule has 0 unspecified atom stereocenters. The fraction of sp³-hybridized carbons (Fsp3) is 0.632. The molecule has 2 saturated heterocycles. The van der Waals surface area contributed by atoms with Gasteiger partial charge in [-0.15, -0.1) is 0 Å². The Balaban J connectivity index is 1.56. The first-order valence-corrected chi connectivity index (χ1v) is 9.48. The van der Waals surface area contributed by atoms with Crippen LogP contribution in [-0.2, 0) is 11.3 Å². The molecule has 1 N–H and O–H groups in total. The number of rotatable bonds is 2. The maximum Gasteiger partial charge on any atom is 0.220 e. The van der Waals surface area contributed by atoms with Crippen LogP contribution in [0.1, 0.15) is 36.2 Å². The second-order valence-corrected chi connectivity index (χ2v) is 7.90. The van der Waals surface area contributed by atoms with E-state index in [-0.39, 0.29) is 11.4 Å². The molecule has 1 spiro atoms. The molecule has 4 heterocycles. The van der Waals surface area contributed by atoms with Gasteiger partial charge in [0.15, 0.2) is 5.65 Å². The minimum absolute atomic E-state index is 0.0830.